The van der Waals surface area contributed by atoms with Gasteiger partial charge in [-0.2, -0.15) is 0 Å². The number of pyridine rings is 1. The van der Waals surface area contributed by atoms with Crippen LogP contribution in [0.15, 0.2) is 24.5 Å². The fourth-order valence-electron chi connectivity index (χ4n) is 2.83. The van der Waals surface area contributed by atoms with Crippen molar-refractivity contribution < 1.29 is 4.79 Å². The average molecular weight is 246 g/mol. The zero-order valence-corrected chi connectivity index (χ0v) is 10.6. The number of hydrogen-bond donors (Lipinski definition) is 0. The van der Waals surface area contributed by atoms with Crippen molar-refractivity contribution in [2.45, 2.75) is 12.6 Å². The molecule has 1 aromatic heterocycles. The Labute approximate surface area is 107 Å². The molecule has 0 N–H and O–H groups in total. The monoisotopic (exact) mass is 246 g/mol. The zero-order valence-electron chi connectivity index (χ0n) is 10.6. The molecule has 96 valence electrons. The molecule has 1 aromatic rings. The minimum atomic E-state index is 0.182. The summed E-state index contributed by atoms with van der Waals surface area (Å²) in [6, 6.07) is 4.61. The Hall–Kier alpha value is -1.62. The highest BCUT2D eigenvalue weighted by Gasteiger charge is 2.38. The number of fused-ring (bicyclic) bond motifs is 1. The quantitative estimate of drug-likeness (QED) is 0.768. The van der Waals surface area contributed by atoms with Crippen LogP contribution in [-0.2, 0) is 6.54 Å². The van der Waals surface area contributed by atoms with Crippen LogP contribution < -0.4 is 0 Å². The molecule has 0 bridgehead atoms. The molecule has 1 atom stereocenters. The predicted molar refractivity (Wildman–Crippen MR) is 68.0 cm³/mol. The maximum atomic E-state index is 11.8. The Morgan fingerprint density at radius 3 is 3.06 bits per heavy atom. The van der Waals surface area contributed by atoms with E-state index in [4.69, 9.17) is 0 Å². The van der Waals surface area contributed by atoms with Gasteiger partial charge in [-0.15, -0.1) is 0 Å². The van der Waals surface area contributed by atoms with E-state index in [1.807, 2.05) is 29.1 Å². The fourth-order valence-corrected chi connectivity index (χ4v) is 2.83. The third-order valence-electron chi connectivity index (χ3n) is 3.75. The summed E-state index contributed by atoms with van der Waals surface area (Å²) in [6.45, 7) is 4.53. The molecule has 0 aliphatic carbocycles. The van der Waals surface area contributed by atoms with Crippen molar-refractivity contribution in [2.24, 2.45) is 0 Å². The number of urea groups is 1. The highest BCUT2D eigenvalue weighted by atomic mass is 16.2. The van der Waals surface area contributed by atoms with E-state index in [1.165, 1.54) is 5.56 Å². The van der Waals surface area contributed by atoms with Crippen molar-refractivity contribution >= 4 is 6.03 Å². The van der Waals surface area contributed by atoms with Crippen LogP contribution in [0.2, 0.25) is 0 Å². The molecular weight excluding hydrogens is 228 g/mol. The van der Waals surface area contributed by atoms with E-state index in [2.05, 4.69) is 16.0 Å². The molecule has 2 fully saturated rings. The van der Waals surface area contributed by atoms with Crippen molar-refractivity contribution in [1.82, 2.24) is 19.7 Å². The second-order valence-corrected chi connectivity index (χ2v) is 5.11. The minimum absolute atomic E-state index is 0.182. The van der Waals surface area contributed by atoms with Crippen molar-refractivity contribution in [2.75, 3.05) is 33.2 Å². The number of nitrogens with zero attached hydrogens (tertiary/aromatic N) is 4. The summed E-state index contributed by atoms with van der Waals surface area (Å²) in [5.74, 6) is 0. The van der Waals surface area contributed by atoms with E-state index in [-0.39, 0.29) is 6.03 Å². The van der Waals surface area contributed by atoms with E-state index in [1.54, 1.807) is 6.20 Å². The predicted octanol–water partition coefficient (Wildman–Crippen LogP) is 0.633. The van der Waals surface area contributed by atoms with Crippen molar-refractivity contribution in [3.8, 4) is 0 Å². The van der Waals surface area contributed by atoms with Gasteiger partial charge in [-0.3, -0.25) is 9.88 Å². The van der Waals surface area contributed by atoms with Gasteiger partial charge in [0.15, 0.2) is 0 Å². The van der Waals surface area contributed by atoms with Gasteiger partial charge < -0.3 is 9.80 Å². The van der Waals surface area contributed by atoms with Gasteiger partial charge in [-0.1, -0.05) is 6.07 Å². The Bertz CT molecular complexity index is 436. The normalized spacial score (nSPS) is 24.5. The van der Waals surface area contributed by atoms with Gasteiger partial charge >= 0.3 is 6.03 Å². The summed E-state index contributed by atoms with van der Waals surface area (Å²) < 4.78 is 0. The Morgan fingerprint density at radius 1 is 1.39 bits per heavy atom. The van der Waals surface area contributed by atoms with Crippen molar-refractivity contribution in [3.05, 3.63) is 30.1 Å². The molecule has 18 heavy (non-hydrogen) atoms. The third-order valence-corrected chi connectivity index (χ3v) is 3.75. The van der Waals surface area contributed by atoms with Gasteiger partial charge in [0.2, 0.25) is 0 Å². The standard InChI is InChI=1S/C13H18N4O/c1-15-9-12-10-16(5-6-17(12)13(15)18)8-11-3-2-4-14-7-11/h2-4,7,12H,5-6,8-10H2,1H3/t12-/m0/s1. The number of aromatic nitrogens is 1. The van der Waals surface area contributed by atoms with Gasteiger partial charge in [0.05, 0.1) is 6.04 Å². The largest absolute Gasteiger partial charge is 0.326 e. The van der Waals surface area contributed by atoms with Crippen LogP contribution in [-0.4, -0.2) is 65.0 Å². The van der Waals surface area contributed by atoms with Gasteiger partial charge in [-0.05, 0) is 11.6 Å². The molecule has 0 spiro atoms. The molecule has 2 aliphatic heterocycles. The lowest BCUT2D eigenvalue weighted by Gasteiger charge is -2.36. The fraction of sp³-hybridized carbons (Fsp3) is 0.538. The lowest BCUT2D eigenvalue weighted by Crippen LogP contribution is -2.51. The molecule has 3 heterocycles. The highest BCUT2D eigenvalue weighted by molar-refractivity contribution is 5.77. The van der Waals surface area contributed by atoms with E-state index in [0.717, 1.165) is 32.7 Å². The van der Waals surface area contributed by atoms with Crippen LogP contribution >= 0.6 is 0 Å². The molecule has 5 nitrogen and oxygen atoms in total. The summed E-state index contributed by atoms with van der Waals surface area (Å²) in [6.07, 6.45) is 3.71. The maximum absolute atomic E-state index is 11.8. The average Bonchev–Trinajstić information content (AvgIpc) is 2.66. The third kappa shape index (κ3) is 2.06. The molecule has 0 unspecified atom stereocenters. The summed E-state index contributed by atoms with van der Waals surface area (Å²) in [7, 11) is 1.88. The number of rotatable bonds is 2. The molecular formula is C13H18N4O. The number of carbonyl (C=O) groups excluding carboxylic acids is 1. The molecule has 2 amide bonds. The zero-order chi connectivity index (χ0) is 12.5. The van der Waals surface area contributed by atoms with Gasteiger partial charge in [-0.25, -0.2) is 4.79 Å². The van der Waals surface area contributed by atoms with Gasteiger partial charge in [0.1, 0.15) is 0 Å². The highest BCUT2D eigenvalue weighted by Crippen LogP contribution is 2.20. The Balaban J connectivity index is 1.63. The molecule has 0 aromatic carbocycles. The lowest BCUT2D eigenvalue weighted by atomic mass is 10.1. The first kappa shape index (κ1) is 11.5. The van der Waals surface area contributed by atoms with E-state index in [9.17, 15) is 4.79 Å². The lowest BCUT2D eigenvalue weighted by molar-refractivity contribution is 0.116. The summed E-state index contributed by atoms with van der Waals surface area (Å²) >= 11 is 0. The van der Waals surface area contributed by atoms with E-state index >= 15 is 0 Å². The second-order valence-electron chi connectivity index (χ2n) is 5.11. The second kappa shape index (κ2) is 4.57. The molecule has 0 radical (unpaired) electrons. The molecule has 5 heteroatoms. The summed E-state index contributed by atoms with van der Waals surface area (Å²) in [5.41, 5.74) is 1.24. The smallest absolute Gasteiger partial charge is 0.320 e. The number of carbonyl (C=O) groups is 1. The van der Waals surface area contributed by atoms with Crippen LogP contribution in [0, 0.1) is 0 Å². The number of likely N-dealkylation sites (N-methyl/N-ethyl adjacent to an activating group) is 1. The molecule has 0 saturated carbocycles. The Kier molecular flexibility index (Phi) is 2.91. The van der Waals surface area contributed by atoms with Crippen molar-refractivity contribution in [3.63, 3.8) is 0 Å². The molecule has 2 saturated heterocycles. The van der Waals surface area contributed by atoms with Gasteiger partial charge in [0, 0.05) is 52.2 Å². The topological polar surface area (TPSA) is 39.7 Å². The van der Waals surface area contributed by atoms with Crippen LogP contribution in [0.4, 0.5) is 4.79 Å². The van der Waals surface area contributed by atoms with E-state index in [0.29, 0.717) is 6.04 Å². The number of hydrogen-bond acceptors (Lipinski definition) is 3. The first-order valence-electron chi connectivity index (χ1n) is 6.37. The number of amides is 2. The van der Waals surface area contributed by atoms with Crippen molar-refractivity contribution in [1.29, 1.82) is 0 Å². The van der Waals surface area contributed by atoms with Crippen LogP contribution in [0.25, 0.3) is 0 Å². The van der Waals surface area contributed by atoms with Crippen LogP contribution in [0.1, 0.15) is 5.56 Å². The maximum Gasteiger partial charge on any atom is 0.320 e. The van der Waals surface area contributed by atoms with Crippen LogP contribution in [0.5, 0.6) is 0 Å². The summed E-state index contributed by atoms with van der Waals surface area (Å²) in [5, 5.41) is 0. The summed E-state index contributed by atoms with van der Waals surface area (Å²) in [4.78, 5) is 22.2. The number of piperazine rings is 1. The Morgan fingerprint density at radius 2 is 2.28 bits per heavy atom. The first-order chi connectivity index (χ1) is 8.74. The van der Waals surface area contributed by atoms with Crippen LogP contribution in [0.3, 0.4) is 0 Å². The first-order valence-corrected chi connectivity index (χ1v) is 6.37. The van der Waals surface area contributed by atoms with Gasteiger partial charge in [0.25, 0.3) is 0 Å². The SMILES string of the molecule is CN1C[C@H]2CN(Cc3cccnc3)CCN2C1=O. The van der Waals surface area contributed by atoms with E-state index < -0.39 is 0 Å². The molecule has 3 rings (SSSR count). The molecule has 2 aliphatic rings. The minimum Gasteiger partial charge on any atom is -0.326 e.